The van der Waals surface area contributed by atoms with Gasteiger partial charge in [-0.05, 0) is 70.1 Å². The van der Waals surface area contributed by atoms with Gasteiger partial charge in [0, 0.05) is 5.39 Å². The Morgan fingerprint density at radius 2 is 1.75 bits per heavy atom. The number of hydrogen-bond acceptors (Lipinski definition) is 1. The summed E-state index contributed by atoms with van der Waals surface area (Å²) in [5.41, 5.74) is 6.23. The third kappa shape index (κ3) is 3.70. The van der Waals surface area contributed by atoms with Crippen molar-refractivity contribution in [3.05, 3.63) is 64.3 Å². The van der Waals surface area contributed by atoms with Crippen LogP contribution in [-0.4, -0.2) is 4.98 Å². The van der Waals surface area contributed by atoms with E-state index in [4.69, 9.17) is 4.98 Å². The van der Waals surface area contributed by atoms with E-state index >= 15 is 0 Å². The largest absolute Gasteiger partial charge is 0.241 e. The highest BCUT2D eigenvalue weighted by atomic mass is 79.9. The molecule has 1 heterocycles. The number of aryl methyl sites for hydroxylation is 1. The summed E-state index contributed by atoms with van der Waals surface area (Å²) < 4.78 is 0.935. The minimum Gasteiger partial charge on any atom is -0.241 e. The van der Waals surface area contributed by atoms with Gasteiger partial charge in [-0.1, -0.05) is 62.6 Å². The molecule has 0 aliphatic rings. The van der Waals surface area contributed by atoms with Crippen molar-refractivity contribution in [1.29, 1.82) is 0 Å². The molecule has 2 aromatic carbocycles. The summed E-state index contributed by atoms with van der Waals surface area (Å²) in [7, 11) is 0. The zero-order valence-corrected chi connectivity index (χ0v) is 16.1. The van der Waals surface area contributed by atoms with Crippen LogP contribution in [0.25, 0.3) is 22.0 Å². The van der Waals surface area contributed by atoms with Crippen molar-refractivity contribution in [3.63, 3.8) is 0 Å². The molecule has 0 spiro atoms. The number of benzene rings is 2. The van der Waals surface area contributed by atoms with E-state index in [0.717, 1.165) is 16.5 Å². The van der Waals surface area contributed by atoms with Crippen LogP contribution in [-0.2, 0) is 6.42 Å². The molecule has 3 aromatic rings. The summed E-state index contributed by atoms with van der Waals surface area (Å²) in [6, 6.07) is 17.4. The first kappa shape index (κ1) is 17.2. The fourth-order valence-electron chi connectivity index (χ4n) is 3.26. The molecule has 0 saturated heterocycles. The van der Waals surface area contributed by atoms with E-state index in [0.29, 0.717) is 0 Å². The molecule has 0 bridgehead atoms. The van der Waals surface area contributed by atoms with Crippen molar-refractivity contribution < 1.29 is 0 Å². The number of halogens is 1. The van der Waals surface area contributed by atoms with Crippen LogP contribution in [0, 0.1) is 6.92 Å². The van der Waals surface area contributed by atoms with Gasteiger partial charge < -0.3 is 0 Å². The average molecular weight is 382 g/mol. The molecule has 0 N–H and O–H groups in total. The van der Waals surface area contributed by atoms with Crippen molar-refractivity contribution in [3.8, 4) is 11.1 Å². The first-order chi connectivity index (χ1) is 11.7. The molecule has 0 atom stereocenters. The van der Waals surface area contributed by atoms with Gasteiger partial charge >= 0.3 is 0 Å². The Balaban J connectivity index is 2.05. The van der Waals surface area contributed by atoms with Crippen LogP contribution in [0.15, 0.2) is 53.1 Å². The van der Waals surface area contributed by atoms with Crippen LogP contribution in [0.4, 0.5) is 0 Å². The summed E-state index contributed by atoms with van der Waals surface area (Å²) in [6.45, 7) is 4.40. The van der Waals surface area contributed by atoms with Gasteiger partial charge in [-0.15, -0.1) is 0 Å². The number of rotatable bonds is 6. The highest BCUT2D eigenvalue weighted by molar-refractivity contribution is 9.10. The van der Waals surface area contributed by atoms with Gasteiger partial charge in [-0.25, -0.2) is 4.98 Å². The van der Waals surface area contributed by atoms with Crippen molar-refractivity contribution in [1.82, 2.24) is 4.98 Å². The van der Waals surface area contributed by atoms with Crippen LogP contribution in [0.3, 0.4) is 0 Å². The standard InChI is InChI=1S/C22H24BrN/c1-3-4-5-7-10-17-13-14-20-19(15-17)21(16(2)22(23)24-20)18-11-8-6-9-12-18/h6,8-9,11-15H,3-5,7,10H2,1-2H3. The van der Waals surface area contributed by atoms with Crippen molar-refractivity contribution >= 4 is 26.8 Å². The van der Waals surface area contributed by atoms with Crippen LogP contribution in [0.1, 0.15) is 43.7 Å². The van der Waals surface area contributed by atoms with Gasteiger partial charge in [0.05, 0.1) is 5.52 Å². The number of hydrogen-bond donors (Lipinski definition) is 0. The first-order valence-electron chi connectivity index (χ1n) is 8.85. The lowest BCUT2D eigenvalue weighted by atomic mass is 9.95. The zero-order valence-electron chi connectivity index (χ0n) is 14.5. The summed E-state index contributed by atoms with van der Waals surface area (Å²) in [5.74, 6) is 0. The molecule has 0 fully saturated rings. The Morgan fingerprint density at radius 3 is 2.50 bits per heavy atom. The molecule has 1 aromatic heterocycles. The molecule has 0 aliphatic carbocycles. The highest BCUT2D eigenvalue weighted by Crippen LogP contribution is 2.35. The Morgan fingerprint density at radius 1 is 0.958 bits per heavy atom. The van der Waals surface area contributed by atoms with Crippen LogP contribution >= 0.6 is 15.9 Å². The fraction of sp³-hybridized carbons (Fsp3) is 0.318. The number of unbranched alkanes of at least 4 members (excludes halogenated alkanes) is 3. The Kier molecular flexibility index (Phi) is 5.68. The van der Waals surface area contributed by atoms with Crippen molar-refractivity contribution in [2.45, 2.75) is 46.0 Å². The lowest BCUT2D eigenvalue weighted by Gasteiger charge is -2.13. The monoisotopic (exact) mass is 381 g/mol. The van der Waals surface area contributed by atoms with E-state index in [9.17, 15) is 0 Å². The third-order valence-electron chi connectivity index (χ3n) is 4.61. The highest BCUT2D eigenvalue weighted by Gasteiger charge is 2.12. The lowest BCUT2D eigenvalue weighted by molar-refractivity contribution is 0.667. The third-order valence-corrected chi connectivity index (χ3v) is 5.39. The molecule has 0 saturated carbocycles. The molecule has 0 amide bonds. The molecule has 1 nitrogen and oxygen atoms in total. The Labute approximate surface area is 153 Å². The Hall–Kier alpha value is -1.67. The van der Waals surface area contributed by atoms with Gasteiger partial charge in [0.15, 0.2) is 0 Å². The summed E-state index contributed by atoms with van der Waals surface area (Å²) in [5, 5.41) is 1.26. The second kappa shape index (κ2) is 7.94. The molecule has 2 heteroatoms. The van der Waals surface area contributed by atoms with Crippen LogP contribution < -0.4 is 0 Å². The maximum absolute atomic E-state index is 4.73. The maximum Gasteiger partial charge on any atom is 0.110 e. The molecule has 0 radical (unpaired) electrons. The average Bonchev–Trinajstić information content (AvgIpc) is 2.61. The minimum atomic E-state index is 0.935. The lowest BCUT2D eigenvalue weighted by Crippen LogP contribution is -1.94. The molecule has 124 valence electrons. The molecular weight excluding hydrogens is 358 g/mol. The van der Waals surface area contributed by atoms with Gasteiger partial charge in [0.1, 0.15) is 4.60 Å². The maximum atomic E-state index is 4.73. The normalized spacial score (nSPS) is 11.1. The van der Waals surface area contributed by atoms with Crippen molar-refractivity contribution in [2.24, 2.45) is 0 Å². The van der Waals surface area contributed by atoms with E-state index in [-0.39, 0.29) is 0 Å². The van der Waals surface area contributed by atoms with Gasteiger partial charge in [-0.2, -0.15) is 0 Å². The predicted octanol–water partition coefficient (Wildman–Crippen LogP) is 7.10. The fourth-order valence-corrected chi connectivity index (χ4v) is 3.65. The minimum absolute atomic E-state index is 0.935. The second-order valence-corrected chi connectivity index (χ2v) is 7.18. The van der Waals surface area contributed by atoms with E-state index < -0.39 is 0 Å². The van der Waals surface area contributed by atoms with E-state index in [2.05, 4.69) is 78.3 Å². The molecule has 3 rings (SSSR count). The van der Waals surface area contributed by atoms with Gasteiger partial charge in [0.2, 0.25) is 0 Å². The first-order valence-corrected chi connectivity index (χ1v) is 9.64. The summed E-state index contributed by atoms with van der Waals surface area (Å²) >= 11 is 3.63. The number of nitrogens with zero attached hydrogens (tertiary/aromatic N) is 1. The quantitative estimate of drug-likeness (QED) is 0.327. The van der Waals surface area contributed by atoms with Gasteiger partial charge in [-0.3, -0.25) is 0 Å². The molecule has 0 unspecified atom stereocenters. The van der Waals surface area contributed by atoms with E-state index in [1.54, 1.807) is 0 Å². The Bertz CT molecular complexity index is 824. The summed E-state index contributed by atoms with van der Waals surface area (Å²) in [6.07, 6.45) is 6.35. The second-order valence-electron chi connectivity index (χ2n) is 6.43. The van der Waals surface area contributed by atoms with Crippen LogP contribution in [0.5, 0.6) is 0 Å². The number of pyridine rings is 1. The predicted molar refractivity (Wildman–Crippen MR) is 107 cm³/mol. The molecule has 0 aliphatic heterocycles. The number of aromatic nitrogens is 1. The van der Waals surface area contributed by atoms with Crippen molar-refractivity contribution in [2.75, 3.05) is 0 Å². The van der Waals surface area contributed by atoms with E-state index in [1.807, 2.05) is 0 Å². The van der Waals surface area contributed by atoms with Crippen LogP contribution in [0.2, 0.25) is 0 Å². The van der Waals surface area contributed by atoms with Gasteiger partial charge in [0.25, 0.3) is 0 Å². The summed E-state index contributed by atoms with van der Waals surface area (Å²) in [4.78, 5) is 4.73. The number of fused-ring (bicyclic) bond motifs is 1. The van der Waals surface area contributed by atoms with E-state index in [1.165, 1.54) is 53.3 Å². The molecule has 24 heavy (non-hydrogen) atoms. The smallest absolute Gasteiger partial charge is 0.110 e. The molecular formula is C22H24BrN. The zero-order chi connectivity index (χ0) is 16.9. The SMILES string of the molecule is CCCCCCc1ccc2nc(Br)c(C)c(-c3ccccc3)c2c1. The topological polar surface area (TPSA) is 12.9 Å².